The number of carbonyl (C=O) groups is 2. The van der Waals surface area contributed by atoms with Gasteiger partial charge in [-0.1, -0.05) is 37.3 Å². The lowest BCUT2D eigenvalue weighted by atomic mass is 9.92. The number of hydrogen-bond donors (Lipinski definition) is 3. The zero-order valence-electron chi connectivity index (χ0n) is 11.7. The number of hydrogen-bond acceptors (Lipinski definition) is 4. The van der Waals surface area contributed by atoms with Crippen LogP contribution in [-0.4, -0.2) is 28.9 Å². The van der Waals surface area contributed by atoms with E-state index in [9.17, 15) is 9.59 Å². The number of nitrogens with two attached hydrogens (primary N) is 2. The van der Waals surface area contributed by atoms with Crippen molar-refractivity contribution in [1.29, 1.82) is 0 Å². The van der Waals surface area contributed by atoms with Gasteiger partial charge in [-0.25, -0.2) is 0 Å². The Hall–Kier alpha value is -1.72. The fourth-order valence-corrected chi connectivity index (χ4v) is 2.09. The molecule has 0 spiro atoms. The van der Waals surface area contributed by atoms with E-state index in [0.717, 1.165) is 5.56 Å². The standard InChI is InChI=1S/C15H22N2O3/c1-10(7-13(17)15(19)20)8-14(18)12(16)9-11-5-3-2-4-6-11/h2-6,10,12-13H,7-9,16-17H2,1H3,(H,19,20)/t10?,12?,13-/m1/s1. The quantitative estimate of drug-likeness (QED) is 0.656. The van der Waals surface area contributed by atoms with Crippen LogP contribution in [0.2, 0.25) is 0 Å². The highest BCUT2D eigenvalue weighted by atomic mass is 16.4. The summed E-state index contributed by atoms with van der Waals surface area (Å²) in [7, 11) is 0. The summed E-state index contributed by atoms with van der Waals surface area (Å²) in [6.07, 6.45) is 1.03. The van der Waals surface area contributed by atoms with Gasteiger partial charge in [-0.2, -0.15) is 0 Å². The Balaban J connectivity index is 2.43. The van der Waals surface area contributed by atoms with Gasteiger partial charge in [0.25, 0.3) is 0 Å². The van der Waals surface area contributed by atoms with Crippen LogP contribution in [0, 0.1) is 5.92 Å². The Morgan fingerprint density at radius 3 is 2.30 bits per heavy atom. The molecule has 5 N–H and O–H groups in total. The van der Waals surface area contributed by atoms with Crippen molar-refractivity contribution in [3.63, 3.8) is 0 Å². The number of benzene rings is 1. The molecule has 1 aromatic rings. The van der Waals surface area contributed by atoms with Crippen molar-refractivity contribution in [3.05, 3.63) is 35.9 Å². The molecule has 0 amide bonds. The van der Waals surface area contributed by atoms with Crippen molar-refractivity contribution in [2.75, 3.05) is 0 Å². The van der Waals surface area contributed by atoms with Gasteiger partial charge in [0, 0.05) is 6.42 Å². The summed E-state index contributed by atoms with van der Waals surface area (Å²) in [4.78, 5) is 22.7. The van der Waals surface area contributed by atoms with Gasteiger partial charge in [0.1, 0.15) is 11.8 Å². The smallest absolute Gasteiger partial charge is 0.320 e. The van der Waals surface area contributed by atoms with Crippen LogP contribution in [0.25, 0.3) is 0 Å². The average Bonchev–Trinajstić information content (AvgIpc) is 2.39. The normalized spacial score (nSPS) is 15.3. The molecule has 0 aliphatic rings. The molecule has 0 bridgehead atoms. The van der Waals surface area contributed by atoms with Crippen molar-refractivity contribution in [2.45, 2.75) is 38.3 Å². The SMILES string of the molecule is CC(CC(=O)C(N)Cc1ccccc1)C[C@@H](N)C(=O)O. The summed E-state index contributed by atoms with van der Waals surface area (Å²) in [5, 5.41) is 8.73. The molecule has 0 radical (unpaired) electrons. The highest BCUT2D eigenvalue weighted by Crippen LogP contribution is 2.13. The molecule has 110 valence electrons. The number of carboxylic acids is 1. The maximum atomic E-state index is 12.0. The van der Waals surface area contributed by atoms with Gasteiger partial charge in [-0.15, -0.1) is 0 Å². The van der Waals surface area contributed by atoms with Crippen molar-refractivity contribution < 1.29 is 14.7 Å². The van der Waals surface area contributed by atoms with Crippen LogP contribution >= 0.6 is 0 Å². The van der Waals surface area contributed by atoms with E-state index in [1.807, 2.05) is 37.3 Å². The van der Waals surface area contributed by atoms with Crippen LogP contribution in [0.1, 0.15) is 25.3 Å². The number of rotatable bonds is 8. The molecule has 1 aromatic carbocycles. The molecule has 0 saturated carbocycles. The van der Waals surface area contributed by atoms with E-state index in [1.54, 1.807) is 0 Å². The summed E-state index contributed by atoms with van der Waals surface area (Å²) in [5.74, 6) is -1.19. The summed E-state index contributed by atoms with van der Waals surface area (Å²) in [6.45, 7) is 1.82. The second-order valence-electron chi connectivity index (χ2n) is 5.25. The van der Waals surface area contributed by atoms with E-state index in [-0.39, 0.29) is 24.5 Å². The van der Waals surface area contributed by atoms with E-state index >= 15 is 0 Å². The van der Waals surface area contributed by atoms with Crippen LogP contribution in [-0.2, 0) is 16.0 Å². The second-order valence-corrected chi connectivity index (χ2v) is 5.25. The molecule has 0 heterocycles. The van der Waals surface area contributed by atoms with Gasteiger partial charge in [0.2, 0.25) is 0 Å². The number of ketones is 1. The Morgan fingerprint density at radius 2 is 1.75 bits per heavy atom. The molecule has 0 aliphatic heterocycles. The highest BCUT2D eigenvalue weighted by molar-refractivity contribution is 5.84. The largest absolute Gasteiger partial charge is 0.480 e. The molecule has 5 nitrogen and oxygen atoms in total. The first-order valence-corrected chi connectivity index (χ1v) is 6.70. The predicted octanol–water partition coefficient (Wildman–Crippen LogP) is 0.954. The first-order chi connectivity index (χ1) is 9.40. The molecule has 0 aromatic heterocycles. The van der Waals surface area contributed by atoms with E-state index in [0.29, 0.717) is 6.42 Å². The Labute approximate surface area is 119 Å². The third kappa shape index (κ3) is 5.50. The average molecular weight is 278 g/mol. The molecular formula is C15H22N2O3. The fraction of sp³-hybridized carbons (Fsp3) is 0.467. The zero-order valence-corrected chi connectivity index (χ0v) is 11.7. The molecule has 20 heavy (non-hydrogen) atoms. The van der Waals surface area contributed by atoms with Crippen LogP contribution in [0.5, 0.6) is 0 Å². The molecule has 5 heteroatoms. The maximum absolute atomic E-state index is 12.0. The Kier molecular flexibility index (Phi) is 6.35. The summed E-state index contributed by atoms with van der Waals surface area (Å²) >= 11 is 0. The van der Waals surface area contributed by atoms with E-state index < -0.39 is 18.1 Å². The minimum Gasteiger partial charge on any atom is -0.480 e. The Bertz CT molecular complexity index is 448. The van der Waals surface area contributed by atoms with Crippen molar-refractivity contribution in [3.8, 4) is 0 Å². The van der Waals surface area contributed by atoms with Gasteiger partial charge >= 0.3 is 5.97 Å². The lowest BCUT2D eigenvalue weighted by molar-refractivity contribution is -0.139. The highest BCUT2D eigenvalue weighted by Gasteiger charge is 2.21. The molecule has 0 saturated heterocycles. The van der Waals surface area contributed by atoms with Crippen LogP contribution in [0.4, 0.5) is 0 Å². The molecule has 1 rings (SSSR count). The summed E-state index contributed by atoms with van der Waals surface area (Å²) < 4.78 is 0. The van der Waals surface area contributed by atoms with Gasteiger partial charge < -0.3 is 16.6 Å². The van der Waals surface area contributed by atoms with Gasteiger partial charge in [0.05, 0.1) is 6.04 Å². The maximum Gasteiger partial charge on any atom is 0.320 e. The number of Topliss-reactive ketones (excluding diaryl/α,β-unsaturated/α-hetero) is 1. The molecule has 3 atom stereocenters. The summed E-state index contributed by atoms with van der Waals surface area (Å²) in [5.41, 5.74) is 12.4. The fourth-order valence-electron chi connectivity index (χ4n) is 2.09. The van der Waals surface area contributed by atoms with E-state index in [4.69, 9.17) is 16.6 Å². The minimum absolute atomic E-state index is 0.0565. The number of carboxylic acid groups (broad SMARTS) is 1. The Morgan fingerprint density at radius 1 is 1.15 bits per heavy atom. The van der Waals surface area contributed by atoms with Crippen molar-refractivity contribution in [1.82, 2.24) is 0 Å². The lowest BCUT2D eigenvalue weighted by Gasteiger charge is -2.16. The molecule has 0 aliphatic carbocycles. The molecule has 0 fully saturated rings. The van der Waals surface area contributed by atoms with E-state index in [1.165, 1.54) is 0 Å². The second kappa shape index (κ2) is 7.77. The van der Waals surface area contributed by atoms with Crippen LogP contribution < -0.4 is 11.5 Å². The third-order valence-electron chi connectivity index (χ3n) is 3.24. The van der Waals surface area contributed by atoms with E-state index in [2.05, 4.69) is 0 Å². The predicted molar refractivity (Wildman–Crippen MR) is 77.1 cm³/mol. The topological polar surface area (TPSA) is 106 Å². The van der Waals surface area contributed by atoms with Gasteiger partial charge in [-0.05, 0) is 24.3 Å². The lowest BCUT2D eigenvalue weighted by Crippen LogP contribution is -2.36. The first-order valence-electron chi connectivity index (χ1n) is 6.70. The monoisotopic (exact) mass is 278 g/mol. The zero-order chi connectivity index (χ0) is 15.1. The van der Waals surface area contributed by atoms with Crippen molar-refractivity contribution >= 4 is 11.8 Å². The van der Waals surface area contributed by atoms with Crippen LogP contribution in [0.15, 0.2) is 30.3 Å². The summed E-state index contributed by atoms with van der Waals surface area (Å²) in [6, 6.07) is 8.09. The van der Waals surface area contributed by atoms with Crippen molar-refractivity contribution in [2.24, 2.45) is 17.4 Å². The van der Waals surface area contributed by atoms with Crippen LogP contribution in [0.3, 0.4) is 0 Å². The number of aliphatic carboxylic acids is 1. The number of carbonyl (C=O) groups excluding carboxylic acids is 1. The van der Waals surface area contributed by atoms with Gasteiger partial charge in [-0.3, -0.25) is 9.59 Å². The minimum atomic E-state index is -1.04. The molecular weight excluding hydrogens is 256 g/mol. The molecule has 2 unspecified atom stereocenters. The van der Waals surface area contributed by atoms with Gasteiger partial charge in [0.15, 0.2) is 0 Å². The third-order valence-corrected chi connectivity index (χ3v) is 3.24. The first kappa shape index (κ1) is 16.3.